The summed E-state index contributed by atoms with van der Waals surface area (Å²) in [5.74, 6) is 0.989. The Morgan fingerprint density at radius 1 is 1.42 bits per heavy atom. The predicted octanol–water partition coefficient (Wildman–Crippen LogP) is 2.20. The van der Waals surface area contributed by atoms with E-state index in [1.165, 1.54) is 25.7 Å². The van der Waals surface area contributed by atoms with Crippen LogP contribution in [0.5, 0.6) is 0 Å². The minimum atomic E-state index is 0.115. The van der Waals surface area contributed by atoms with Crippen LogP contribution in [0, 0.1) is 0 Å². The molecule has 1 aliphatic carbocycles. The number of likely N-dealkylation sites (N-methyl/N-ethyl adjacent to an activating group) is 1. The molecular weight excluding hydrogens is 240 g/mol. The highest BCUT2D eigenvalue weighted by Crippen LogP contribution is 2.33. The largest absolute Gasteiger partial charge is 0.469 e. The van der Waals surface area contributed by atoms with Crippen molar-refractivity contribution in [3.63, 3.8) is 0 Å². The normalized spacial score (nSPS) is 17.8. The summed E-state index contributed by atoms with van der Waals surface area (Å²) in [6.07, 6.45) is 7.70. The van der Waals surface area contributed by atoms with Gasteiger partial charge in [-0.1, -0.05) is 12.8 Å². The van der Waals surface area contributed by atoms with Crippen LogP contribution in [0.25, 0.3) is 0 Å². The molecule has 1 fully saturated rings. The van der Waals surface area contributed by atoms with E-state index in [1.54, 1.807) is 6.26 Å². The molecule has 4 nitrogen and oxygen atoms in total. The molecule has 1 heterocycles. The number of carbonyl (C=O) groups excluding carboxylic acids is 1. The van der Waals surface area contributed by atoms with Crippen molar-refractivity contribution in [1.82, 2.24) is 10.2 Å². The van der Waals surface area contributed by atoms with E-state index in [4.69, 9.17) is 4.42 Å². The summed E-state index contributed by atoms with van der Waals surface area (Å²) >= 11 is 0. The molecule has 1 amide bonds. The van der Waals surface area contributed by atoms with E-state index in [9.17, 15) is 4.79 Å². The van der Waals surface area contributed by atoms with E-state index in [-0.39, 0.29) is 11.4 Å². The number of furan rings is 1. The first kappa shape index (κ1) is 14.1. The third kappa shape index (κ3) is 3.60. The molecule has 1 aromatic rings. The summed E-state index contributed by atoms with van der Waals surface area (Å²) in [7, 11) is 4.22. The molecule has 1 aliphatic rings. The highest BCUT2D eigenvalue weighted by atomic mass is 16.3. The second kappa shape index (κ2) is 6.24. The lowest BCUT2D eigenvalue weighted by Crippen LogP contribution is -2.50. The predicted molar refractivity (Wildman–Crippen MR) is 74.9 cm³/mol. The first-order valence-corrected chi connectivity index (χ1v) is 7.09. The second-order valence-corrected chi connectivity index (χ2v) is 5.68. The molecule has 19 heavy (non-hydrogen) atoms. The van der Waals surface area contributed by atoms with Crippen molar-refractivity contribution in [3.05, 3.63) is 24.2 Å². The Bertz CT molecular complexity index is 392. The number of hydrogen-bond donors (Lipinski definition) is 1. The Hall–Kier alpha value is -1.29. The van der Waals surface area contributed by atoms with Crippen molar-refractivity contribution in [3.8, 4) is 0 Å². The molecule has 0 atom stereocenters. The number of nitrogens with zero attached hydrogens (tertiary/aromatic N) is 1. The molecule has 2 rings (SSSR count). The van der Waals surface area contributed by atoms with Crippen molar-refractivity contribution < 1.29 is 9.21 Å². The third-order valence-electron chi connectivity index (χ3n) is 4.28. The summed E-state index contributed by atoms with van der Waals surface area (Å²) in [4.78, 5) is 14.2. The molecule has 0 radical (unpaired) electrons. The number of aryl methyl sites for hydroxylation is 1. The van der Waals surface area contributed by atoms with Crippen molar-refractivity contribution in [2.24, 2.45) is 0 Å². The molecule has 1 saturated carbocycles. The van der Waals surface area contributed by atoms with Gasteiger partial charge < -0.3 is 14.6 Å². The number of amides is 1. The van der Waals surface area contributed by atoms with Crippen LogP contribution in [0.1, 0.15) is 37.9 Å². The molecule has 1 aromatic heterocycles. The molecule has 0 unspecified atom stereocenters. The van der Waals surface area contributed by atoms with Gasteiger partial charge in [-0.2, -0.15) is 0 Å². The fourth-order valence-corrected chi connectivity index (χ4v) is 2.86. The molecule has 0 bridgehead atoms. The molecule has 0 aliphatic heterocycles. The molecule has 0 spiro atoms. The maximum absolute atomic E-state index is 11.9. The van der Waals surface area contributed by atoms with E-state index in [0.717, 1.165) is 12.3 Å². The summed E-state index contributed by atoms with van der Waals surface area (Å²) in [6.45, 7) is 0.761. The fraction of sp³-hybridized carbons (Fsp3) is 0.667. The maximum atomic E-state index is 11.9. The average molecular weight is 264 g/mol. The minimum absolute atomic E-state index is 0.115. The van der Waals surface area contributed by atoms with Crippen LogP contribution in [0.15, 0.2) is 22.8 Å². The smallest absolute Gasteiger partial charge is 0.220 e. The highest BCUT2D eigenvalue weighted by Gasteiger charge is 2.35. The lowest BCUT2D eigenvalue weighted by atomic mass is 9.96. The van der Waals surface area contributed by atoms with Crippen molar-refractivity contribution in [2.75, 3.05) is 20.6 Å². The van der Waals surface area contributed by atoms with Gasteiger partial charge in [0.2, 0.25) is 5.91 Å². The zero-order chi connectivity index (χ0) is 13.7. The topological polar surface area (TPSA) is 45.5 Å². The van der Waals surface area contributed by atoms with Gasteiger partial charge in [0.25, 0.3) is 0 Å². The van der Waals surface area contributed by atoms with Gasteiger partial charge in [0, 0.05) is 24.9 Å². The zero-order valence-electron chi connectivity index (χ0n) is 11.9. The Labute approximate surface area is 115 Å². The van der Waals surface area contributed by atoms with Crippen LogP contribution >= 0.6 is 0 Å². The number of nitrogens with one attached hydrogen (secondary N) is 1. The first-order valence-electron chi connectivity index (χ1n) is 7.09. The first-order chi connectivity index (χ1) is 9.12. The highest BCUT2D eigenvalue weighted by molar-refractivity contribution is 5.76. The molecule has 4 heteroatoms. The number of hydrogen-bond acceptors (Lipinski definition) is 3. The third-order valence-corrected chi connectivity index (χ3v) is 4.28. The van der Waals surface area contributed by atoms with Gasteiger partial charge in [-0.3, -0.25) is 4.79 Å². The van der Waals surface area contributed by atoms with Gasteiger partial charge in [-0.15, -0.1) is 0 Å². The quantitative estimate of drug-likeness (QED) is 0.856. The van der Waals surface area contributed by atoms with Crippen LogP contribution < -0.4 is 5.32 Å². The lowest BCUT2D eigenvalue weighted by molar-refractivity contribution is -0.121. The zero-order valence-corrected chi connectivity index (χ0v) is 11.9. The number of carbonyl (C=O) groups is 1. The van der Waals surface area contributed by atoms with Crippen molar-refractivity contribution in [1.29, 1.82) is 0 Å². The molecular formula is C15H24N2O2. The van der Waals surface area contributed by atoms with Gasteiger partial charge >= 0.3 is 0 Å². The van der Waals surface area contributed by atoms with E-state index in [0.29, 0.717) is 12.8 Å². The van der Waals surface area contributed by atoms with Crippen molar-refractivity contribution >= 4 is 5.91 Å². The SMILES string of the molecule is CN(C)C1(CNC(=O)CCc2ccco2)CCCC1. The summed E-state index contributed by atoms with van der Waals surface area (Å²) in [5, 5.41) is 3.09. The monoisotopic (exact) mass is 264 g/mol. The van der Waals surface area contributed by atoms with Crippen molar-refractivity contribution in [2.45, 2.75) is 44.1 Å². The van der Waals surface area contributed by atoms with Gasteiger partial charge in [0.1, 0.15) is 5.76 Å². The van der Waals surface area contributed by atoms with Gasteiger partial charge in [0.05, 0.1) is 6.26 Å². The Morgan fingerprint density at radius 3 is 2.74 bits per heavy atom. The standard InChI is InChI=1S/C15H24N2O2/c1-17(2)15(9-3-4-10-15)12-16-14(18)8-7-13-6-5-11-19-13/h5-6,11H,3-4,7-10,12H2,1-2H3,(H,16,18). The molecule has 0 saturated heterocycles. The summed E-state index contributed by atoms with van der Waals surface area (Å²) in [5.41, 5.74) is 0.167. The van der Waals surface area contributed by atoms with Crippen LogP contribution in [0.4, 0.5) is 0 Å². The van der Waals surface area contributed by atoms with E-state index >= 15 is 0 Å². The lowest BCUT2D eigenvalue weighted by Gasteiger charge is -2.36. The van der Waals surface area contributed by atoms with Crippen LogP contribution in [0.3, 0.4) is 0 Å². The van der Waals surface area contributed by atoms with E-state index < -0.39 is 0 Å². The Kier molecular flexibility index (Phi) is 4.64. The molecule has 106 valence electrons. The van der Waals surface area contributed by atoms with Crippen LogP contribution in [0.2, 0.25) is 0 Å². The van der Waals surface area contributed by atoms with E-state index in [2.05, 4.69) is 24.3 Å². The summed E-state index contributed by atoms with van der Waals surface area (Å²) < 4.78 is 5.23. The second-order valence-electron chi connectivity index (χ2n) is 5.68. The fourth-order valence-electron chi connectivity index (χ4n) is 2.86. The van der Waals surface area contributed by atoms with E-state index in [1.807, 2.05) is 12.1 Å². The van der Waals surface area contributed by atoms with Crippen LogP contribution in [-0.2, 0) is 11.2 Å². The maximum Gasteiger partial charge on any atom is 0.220 e. The minimum Gasteiger partial charge on any atom is -0.469 e. The van der Waals surface area contributed by atoms with Gasteiger partial charge in [0.15, 0.2) is 0 Å². The molecule has 0 aromatic carbocycles. The Morgan fingerprint density at radius 2 is 2.16 bits per heavy atom. The van der Waals surface area contributed by atoms with Gasteiger partial charge in [-0.05, 0) is 39.1 Å². The molecule has 1 N–H and O–H groups in total. The average Bonchev–Trinajstić information content (AvgIpc) is 3.05. The van der Waals surface area contributed by atoms with Gasteiger partial charge in [-0.25, -0.2) is 0 Å². The summed E-state index contributed by atoms with van der Waals surface area (Å²) in [6, 6.07) is 3.76. The Balaban J connectivity index is 1.76. The van der Waals surface area contributed by atoms with Crippen LogP contribution in [-0.4, -0.2) is 37.0 Å². The number of rotatable bonds is 6.